The van der Waals surface area contributed by atoms with E-state index in [4.69, 9.17) is 0 Å². The van der Waals surface area contributed by atoms with Crippen LogP contribution in [0.2, 0.25) is 0 Å². The van der Waals surface area contributed by atoms with Crippen LogP contribution in [0.25, 0.3) is 0 Å². The standard InChI is InChI=1S/C37H74O2S2/c1-4-6-8-10-12-14-16-18-20-21-23-25-27-29-31-33-35-41-37(3,36(38)39)40-34-32-30-28-26-24-22-19-17-15-13-11-9-7-5-2/h4-35H2,1-3H3,(H,38,39). The fraction of sp³-hybridized carbons (Fsp3) is 0.973. The van der Waals surface area contributed by atoms with Crippen LogP contribution in [0, 0.1) is 0 Å². The summed E-state index contributed by atoms with van der Waals surface area (Å²) in [4.78, 5) is 12.0. The zero-order chi connectivity index (χ0) is 30.1. The van der Waals surface area contributed by atoms with Gasteiger partial charge < -0.3 is 5.11 Å². The minimum atomic E-state index is -0.675. The van der Waals surface area contributed by atoms with Crippen LogP contribution < -0.4 is 0 Å². The molecule has 0 heterocycles. The van der Waals surface area contributed by atoms with Gasteiger partial charge in [0.25, 0.3) is 0 Å². The number of rotatable bonds is 35. The lowest BCUT2D eigenvalue weighted by molar-refractivity contribution is -0.136. The van der Waals surface area contributed by atoms with Crippen LogP contribution in [-0.2, 0) is 4.79 Å². The molecule has 0 spiro atoms. The second kappa shape index (κ2) is 33.1. The molecular weight excluding hydrogens is 541 g/mol. The van der Waals surface area contributed by atoms with E-state index in [1.807, 2.05) is 6.92 Å². The summed E-state index contributed by atoms with van der Waals surface area (Å²) in [6.45, 7) is 6.51. The molecule has 0 aliphatic carbocycles. The molecule has 0 aromatic carbocycles. The Labute approximate surface area is 267 Å². The molecule has 4 heteroatoms. The van der Waals surface area contributed by atoms with E-state index in [-0.39, 0.29) is 0 Å². The summed E-state index contributed by atoms with van der Waals surface area (Å²) in [7, 11) is 0. The van der Waals surface area contributed by atoms with Crippen LogP contribution in [-0.4, -0.2) is 26.7 Å². The fourth-order valence-electron chi connectivity index (χ4n) is 5.65. The van der Waals surface area contributed by atoms with Gasteiger partial charge in [-0.2, -0.15) is 0 Å². The van der Waals surface area contributed by atoms with Crippen molar-refractivity contribution < 1.29 is 9.90 Å². The number of hydrogen-bond acceptors (Lipinski definition) is 3. The summed E-state index contributed by atoms with van der Waals surface area (Å²) in [5.74, 6) is 1.31. The molecule has 1 unspecified atom stereocenters. The molecule has 41 heavy (non-hydrogen) atoms. The van der Waals surface area contributed by atoms with Crippen LogP contribution in [0.1, 0.15) is 213 Å². The smallest absolute Gasteiger partial charge is 0.329 e. The van der Waals surface area contributed by atoms with E-state index in [2.05, 4.69) is 13.8 Å². The summed E-state index contributed by atoms with van der Waals surface area (Å²) in [5.41, 5.74) is 0. The Bertz CT molecular complexity index is 527. The van der Waals surface area contributed by atoms with E-state index in [1.165, 1.54) is 180 Å². The van der Waals surface area contributed by atoms with Gasteiger partial charge >= 0.3 is 5.97 Å². The van der Waals surface area contributed by atoms with E-state index < -0.39 is 10.0 Å². The highest BCUT2D eigenvalue weighted by Crippen LogP contribution is 2.38. The number of thioether (sulfide) groups is 2. The minimum absolute atomic E-state index is 0.644. The molecular formula is C37H74O2S2. The van der Waals surface area contributed by atoms with Crippen molar-refractivity contribution in [3.63, 3.8) is 0 Å². The molecule has 0 bridgehead atoms. The quantitative estimate of drug-likeness (QED) is 0.0569. The molecule has 1 atom stereocenters. The number of carbonyl (C=O) groups is 1. The van der Waals surface area contributed by atoms with Gasteiger partial charge in [0.1, 0.15) is 0 Å². The first-order valence-corrected chi connectivity index (χ1v) is 20.5. The van der Waals surface area contributed by atoms with E-state index >= 15 is 0 Å². The maximum atomic E-state index is 12.0. The van der Waals surface area contributed by atoms with Gasteiger partial charge in [-0.05, 0) is 31.3 Å². The van der Waals surface area contributed by atoms with Crippen molar-refractivity contribution >= 4 is 29.5 Å². The molecule has 1 N–H and O–H groups in total. The number of carboxylic acid groups (broad SMARTS) is 1. The molecule has 0 aliphatic rings. The Hall–Kier alpha value is 0.170. The highest BCUT2D eigenvalue weighted by atomic mass is 32.2. The highest BCUT2D eigenvalue weighted by molar-refractivity contribution is 8.19. The van der Waals surface area contributed by atoms with E-state index in [9.17, 15) is 9.90 Å². The van der Waals surface area contributed by atoms with E-state index in [0.29, 0.717) is 0 Å². The van der Waals surface area contributed by atoms with Crippen molar-refractivity contribution in [3.8, 4) is 0 Å². The van der Waals surface area contributed by atoms with Gasteiger partial charge in [0, 0.05) is 0 Å². The monoisotopic (exact) mass is 615 g/mol. The predicted molar refractivity (Wildman–Crippen MR) is 191 cm³/mol. The molecule has 0 rings (SSSR count). The molecule has 0 radical (unpaired) electrons. The van der Waals surface area contributed by atoms with Crippen LogP contribution in [0.4, 0.5) is 0 Å². The zero-order valence-corrected chi connectivity index (χ0v) is 29.9. The Balaban J connectivity index is 3.51. The Morgan fingerprint density at radius 3 is 0.805 bits per heavy atom. The lowest BCUT2D eigenvalue weighted by Gasteiger charge is -2.23. The summed E-state index contributed by atoms with van der Waals surface area (Å²) in [5, 5.41) is 9.84. The first-order valence-electron chi connectivity index (χ1n) is 18.6. The lowest BCUT2D eigenvalue weighted by Crippen LogP contribution is -2.28. The number of aliphatic carboxylic acids is 1. The molecule has 0 saturated carbocycles. The lowest BCUT2D eigenvalue weighted by atomic mass is 10.0. The van der Waals surface area contributed by atoms with Crippen LogP contribution in [0.3, 0.4) is 0 Å². The van der Waals surface area contributed by atoms with Gasteiger partial charge in [-0.3, -0.25) is 0 Å². The molecule has 2 nitrogen and oxygen atoms in total. The second-order valence-electron chi connectivity index (χ2n) is 12.8. The summed E-state index contributed by atoms with van der Waals surface area (Å²) in [6.07, 6.45) is 41.3. The maximum Gasteiger partial charge on any atom is 0.329 e. The van der Waals surface area contributed by atoms with Gasteiger partial charge in [-0.25, -0.2) is 4.79 Å². The fourth-order valence-corrected chi connectivity index (χ4v) is 8.20. The Morgan fingerprint density at radius 1 is 0.415 bits per heavy atom. The van der Waals surface area contributed by atoms with Gasteiger partial charge in [0.15, 0.2) is 4.08 Å². The SMILES string of the molecule is CCCCCCCCCCCCCCCCCCSC(C)(SCCCCCCCCCCCCCCCC)C(=O)O. The van der Waals surface area contributed by atoms with Gasteiger partial charge in [0.05, 0.1) is 0 Å². The van der Waals surface area contributed by atoms with Crippen molar-refractivity contribution in [1.82, 2.24) is 0 Å². The van der Waals surface area contributed by atoms with E-state index in [1.54, 1.807) is 23.5 Å². The van der Waals surface area contributed by atoms with Crippen molar-refractivity contribution in [2.24, 2.45) is 0 Å². The molecule has 246 valence electrons. The molecule has 0 saturated heterocycles. The Morgan fingerprint density at radius 2 is 0.610 bits per heavy atom. The molecule has 0 aromatic rings. The predicted octanol–water partition coefficient (Wildman–Crippen LogP) is 14.0. The normalized spacial score (nSPS) is 13.0. The van der Waals surface area contributed by atoms with Crippen LogP contribution in [0.5, 0.6) is 0 Å². The number of carboxylic acids is 1. The van der Waals surface area contributed by atoms with Crippen LogP contribution >= 0.6 is 23.5 Å². The van der Waals surface area contributed by atoms with Crippen molar-refractivity contribution in [3.05, 3.63) is 0 Å². The summed E-state index contributed by atoms with van der Waals surface area (Å²) >= 11 is 3.34. The largest absolute Gasteiger partial charge is 0.480 e. The number of unbranched alkanes of at least 4 members (excludes halogenated alkanes) is 28. The second-order valence-corrected chi connectivity index (χ2v) is 16.1. The average Bonchev–Trinajstić information content (AvgIpc) is 2.96. The third kappa shape index (κ3) is 30.0. The highest BCUT2D eigenvalue weighted by Gasteiger charge is 2.33. The first-order chi connectivity index (χ1) is 20.1. The zero-order valence-electron chi connectivity index (χ0n) is 28.3. The molecule has 0 fully saturated rings. The minimum Gasteiger partial charge on any atom is -0.480 e. The van der Waals surface area contributed by atoms with Crippen molar-refractivity contribution in [2.75, 3.05) is 11.5 Å². The maximum absolute atomic E-state index is 12.0. The Kier molecular flexibility index (Phi) is 33.2. The van der Waals surface area contributed by atoms with Crippen molar-refractivity contribution in [1.29, 1.82) is 0 Å². The van der Waals surface area contributed by atoms with E-state index in [0.717, 1.165) is 24.3 Å². The van der Waals surface area contributed by atoms with Crippen molar-refractivity contribution in [2.45, 2.75) is 217 Å². The third-order valence-corrected chi connectivity index (χ3v) is 11.8. The topological polar surface area (TPSA) is 37.3 Å². The molecule has 0 amide bonds. The molecule has 0 aromatic heterocycles. The number of hydrogen-bond donors (Lipinski definition) is 1. The first kappa shape index (κ1) is 41.2. The average molecular weight is 615 g/mol. The van der Waals surface area contributed by atoms with Gasteiger partial charge in [-0.1, -0.05) is 194 Å². The van der Waals surface area contributed by atoms with Gasteiger partial charge in [-0.15, -0.1) is 23.5 Å². The summed E-state index contributed by atoms with van der Waals surface area (Å²) < 4.78 is -0.675. The third-order valence-electron chi connectivity index (χ3n) is 8.64. The molecule has 0 aliphatic heterocycles. The summed E-state index contributed by atoms with van der Waals surface area (Å²) in [6, 6.07) is 0. The van der Waals surface area contributed by atoms with Gasteiger partial charge in [0.2, 0.25) is 0 Å². The van der Waals surface area contributed by atoms with Crippen LogP contribution in [0.15, 0.2) is 0 Å².